The zero-order valence-electron chi connectivity index (χ0n) is 11.1. The Morgan fingerprint density at radius 1 is 1.42 bits per heavy atom. The fraction of sp³-hybridized carbons (Fsp3) is 0.357. The van der Waals surface area contributed by atoms with Crippen LogP contribution < -0.4 is 10.5 Å². The van der Waals surface area contributed by atoms with Crippen LogP contribution in [0.1, 0.15) is 25.5 Å². The van der Waals surface area contributed by atoms with Crippen LogP contribution in [-0.2, 0) is 6.42 Å². The number of hydrogen-bond acceptors (Lipinski definition) is 3. The van der Waals surface area contributed by atoms with Crippen LogP contribution in [0.2, 0.25) is 0 Å². The summed E-state index contributed by atoms with van der Waals surface area (Å²) in [6.45, 7) is 4.48. The number of nitrogens with zero attached hydrogens (tertiary/aromatic N) is 2. The average molecular weight is 263 g/mol. The second-order valence-corrected chi connectivity index (χ2v) is 4.62. The maximum absolute atomic E-state index is 13.8. The molecule has 1 aromatic carbocycles. The van der Waals surface area contributed by atoms with Gasteiger partial charge in [0.15, 0.2) is 17.3 Å². The lowest BCUT2D eigenvalue weighted by molar-refractivity contribution is 0.434. The molecule has 0 aliphatic carbocycles. The van der Waals surface area contributed by atoms with Gasteiger partial charge >= 0.3 is 0 Å². The number of benzene rings is 1. The Balaban J connectivity index is 2.26. The molecule has 0 radical (unpaired) electrons. The third-order valence-corrected chi connectivity index (χ3v) is 2.79. The minimum absolute atomic E-state index is 0.233. The van der Waals surface area contributed by atoms with Gasteiger partial charge in [-0.25, -0.2) is 4.39 Å². The maximum atomic E-state index is 13.8. The van der Waals surface area contributed by atoms with Gasteiger partial charge in [-0.05, 0) is 38.4 Å². The van der Waals surface area contributed by atoms with Crippen molar-refractivity contribution in [1.82, 2.24) is 9.78 Å². The van der Waals surface area contributed by atoms with Crippen molar-refractivity contribution in [2.24, 2.45) is 5.73 Å². The van der Waals surface area contributed by atoms with Crippen LogP contribution in [0.4, 0.5) is 4.39 Å². The van der Waals surface area contributed by atoms with Crippen molar-refractivity contribution in [3.63, 3.8) is 0 Å². The van der Waals surface area contributed by atoms with Gasteiger partial charge < -0.3 is 10.5 Å². The second-order valence-electron chi connectivity index (χ2n) is 4.62. The van der Waals surface area contributed by atoms with Crippen molar-refractivity contribution in [2.75, 3.05) is 6.54 Å². The standard InChI is InChI=1S/C14H18FN3O/c1-10(2)18-9-12(8-17-18)19-14-11(6-7-16)4-3-5-13(14)15/h3-5,8-10H,6-7,16H2,1-2H3. The summed E-state index contributed by atoms with van der Waals surface area (Å²) in [5.41, 5.74) is 6.29. The van der Waals surface area contributed by atoms with Crippen LogP contribution in [0, 0.1) is 5.82 Å². The van der Waals surface area contributed by atoms with E-state index in [1.807, 2.05) is 19.9 Å². The number of aromatic nitrogens is 2. The molecule has 5 heteroatoms. The molecule has 2 rings (SSSR count). The third-order valence-electron chi connectivity index (χ3n) is 2.79. The van der Waals surface area contributed by atoms with Crippen molar-refractivity contribution in [3.05, 3.63) is 42.0 Å². The van der Waals surface area contributed by atoms with Gasteiger partial charge in [-0.1, -0.05) is 12.1 Å². The van der Waals surface area contributed by atoms with Gasteiger partial charge in [0.05, 0.1) is 12.4 Å². The number of nitrogens with two attached hydrogens (primary N) is 1. The first-order valence-electron chi connectivity index (χ1n) is 6.31. The lowest BCUT2D eigenvalue weighted by atomic mass is 10.1. The molecule has 0 unspecified atom stereocenters. The molecule has 0 spiro atoms. The number of rotatable bonds is 5. The fourth-order valence-electron chi connectivity index (χ4n) is 1.79. The molecule has 0 atom stereocenters. The summed E-state index contributed by atoms with van der Waals surface area (Å²) in [6, 6.07) is 5.09. The quantitative estimate of drug-likeness (QED) is 0.902. The lowest BCUT2D eigenvalue weighted by Crippen LogP contribution is -2.05. The van der Waals surface area contributed by atoms with Gasteiger partial charge in [0.25, 0.3) is 0 Å². The molecule has 0 saturated carbocycles. The number of halogens is 1. The topological polar surface area (TPSA) is 53.1 Å². The summed E-state index contributed by atoms with van der Waals surface area (Å²) >= 11 is 0. The van der Waals surface area contributed by atoms with Crippen molar-refractivity contribution in [1.29, 1.82) is 0 Å². The number of hydrogen-bond donors (Lipinski definition) is 1. The van der Waals surface area contributed by atoms with Crippen LogP contribution >= 0.6 is 0 Å². The number of ether oxygens (including phenoxy) is 1. The first-order chi connectivity index (χ1) is 9.11. The van der Waals surface area contributed by atoms with Gasteiger partial charge in [-0.3, -0.25) is 4.68 Å². The summed E-state index contributed by atoms with van der Waals surface area (Å²) in [6.07, 6.45) is 3.91. The average Bonchev–Trinajstić information content (AvgIpc) is 2.82. The van der Waals surface area contributed by atoms with Crippen LogP contribution in [-0.4, -0.2) is 16.3 Å². The van der Waals surface area contributed by atoms with Crippen molar-refractivity contribution < 1.29 is 9.13 Å². The zero-order chi connectivity index (χ0) is 13.8. The Kier molecular flexibility index (Phi) is 4.16. The van der Waals surface area contributed by atoms with Crippen molar-refractivity contribution in [3.8, 4) is 11.5 Å². The Bertz CT molecular complexity index is 551. The molecule has 1 aromatic heterocycles. The monoisotopic (exact) mass is 263 g/mol. The lowest BCUT2D eigenvalue weighted by Gasteiger charge is -2.10. The molecular weight excluding hydrogens is 245 g/mol. The molecule has 0 aliphatic rings. The van der Waals surface area contributed by atoms with E-state index in [1.54, 1.807) is 23.1 Å². The van der Waals surface area contributed by atoms with Crippen LogP contribution in [0.5, 0.6) is 11.5 Å². The Hall–Kier alpha value is -1.88. The summed E-state index contributed by atoms with van der Waals surface area (Å²) in [5, 5.41) is 4.16. The molecule has 0 bridgehead atoms. The number of para-hydroxylation sites is 1. The molecule has 0 fully saturated rings. The minimum atomic E-state index is -0.386. The third kappa shape index (κ3) is 3.12. The van der Waals surface area contributed by atoms with Gasteiger partial charge in [-0.15, -0.1) is 0 Å². The SMILES string of the molecule is CC(C)n1cc(Oc2c(F)cccc2CCN)cn1. The highest BCUT2D eigenvalue weighted by molar-refractivity contribution is 5.38. The van der Waals surface area contributed by atoms with Crippen LogP contribution in [0.3, 0.4) is 0 Å². The first kappa shape index (κ1) is 13.5. The summed E-state index contributed by atoms with van der Waals surface area (Å²) < 4.78 is 21.2. The van der Waals surface area contributed by atoms with Gasteiger partial charge in [0.1, 0.15) is 0 Å². The summed E-state index contributed by atoms with van der Waals surface area (Å²) in [7, 11) is 0. The highest BCUT2D eigenvalue weighted by Gasteiger charge is 2.12. The highest BCUT2D eigenvalue weighted by Crippen LogP contribution is 2.28. The second kappa shape index (κ2) is 5.84. The summed E-state index contributed by atoms with van der Waals surface area (Å²) in [4.78, 5) is 0. The predicted octanol–water partition coefficient (Wildman–Crippen LogP) is 2.90. The highest BCUT2D eigenvalue weighted by atomic mass is 19.1. The molecule has 19 heavy (non-hydrogen) atoms. The normalized spacial score (nSPS) is 11.0. The molecule has 4 nitrogen and oxygen atoms in total. The largest absolute Gasteiger partial charge is 0.451 e. The zero-order valence-corrected chi connectivity index (χ0v) is 11.1. The van der Waals surface area contributed by atoms with E-state index >= 15 is 0 Å². The van der Waals surface area contributed by atoms with Gasteiger partial charge in [-0.2, -0.15) is 5.10 Å². The molecule has 2 N–H and O–H groups in total. The van der Waals surface area contributed by atoms with Crippen molar-refractivity contribution in [2.45, 2.75) is 26.3 Å². The molecule has 0 aliphatic heterocycles. The molecule has 1 heterocycles. The van der Waals surface area contributed by atoms with E-state index in [-0.39, 0.29) is 17.6 Å². The van der Waals surface area contributed by atoms with Gasteiger partial charge in [0, 0.05) is 6.04 Å². The van der Waals surface area contributed by atoms with E-state index < -0.39 is 0 Å². The van der Waals surface area contributed by atoms with E-state index in [2.05, 4.69) is 5.10 Å². The van der Waals surface area contributed by atoms with Crippen LogP contribution in [0.25, 0.3) is 0 Å². The molecule has 0 saturated heterocycles. The Labute approximate surface area is 112 Å². The van der Waals surface area contributed by atoms with Crippen LogP contribution in [0.15, 0.2) is 30.6 Å². The molecule has 102 valence electrons. The summed E-state index contributed by atoms with van der Waals surface area (Å²) in [5.74, 6) is 0.372. The van der Waals surface area contributed by atoms with E-state index in [0.29, 0.717) is 18.7 Å². The smallest absolute Gasteiger partial charge is 0.166 e. The first-order valence-corrected chi connectivity index (χ1v) is 6.31. The fourth-order valence-corrected chi connectivity index (χ4v) is 1.79. The Morgan fingerprint density at radius 3 is 2.84 bits per heavy atom. The molecular formula is C14H18FN3O. The maximum Gasteiger partial charge on any atom is 0.166 e. The Morgan fingerprint density at radius 2 is 2.21 bits per heavy atom. The van der Waals surface area contributed by atoms with E-state index in [4.69, 9.17) is 10.5 Å². The van der Waals surface area contributed by atoms with E-state index in [1.165, 1.54) is 6.07 Å². The predicted molar refractivity (Wildman–Crippen MR) is 71.8 cm³/mol. The molecule has 2 aromatic rings. The van der Waals surface area contributed by atoms with E-state index in [9.17, 15) is 4.39 Å². The minimum Gasteiger partial charge on any atom is -0.451 e. The van der Waals surface area contributed by atoms with Crippen molar-refractivity contribution >= 4 is 0 Å². The van der Waals surface area contributed by atoms with E-state index in [0.717, 1.165) is 5.56 Å². The molecule has 0 amide bonds. The van der Waals surface area contributed by atoms with Gasteiger partial charge in [0.2, 0.25) is 0 Å².